The monoisotopic (exact) mass is 492 g/mol. The van der Waals surface area contributed by atoms with Gasteiger partial charge in [0.15, 0.2) is 11.4 Å². The van der Waals surface area contributed by atoms with Gasteiger partial charge in [-0.05, 0) is 65.2 Å². The van der Waals surface area contributed by atoms with Crippen LogP contribution in [0, 0.1) is 10.1 Å². The predicted molar refractivity (Wildman–Crippen MR) is 133 cm³/mol. The lowest BCUT2D eigenvalue weighted by molar-refractivity contribution is -0.426. The van der Waals surface area contributed by atoms with Gasteiger partial charge in [0.25, 0.3) is 0 Å². The van der Waals surface area contributed by atoms with Gasteiger partial charge in [0.1, 0.15) is 30.4 Å². The van der Waals surface area contributed by atoms with E-state index < -0.39 is 10.5 Å². The van der Waals surface area contributed by atoms with Crippen LogP contribution < -0.4 is 14.8 Å². The van der Waals surface area contributed by atoms with E-state index in [1.807, 2.05) is 61.5 Å². The van der Waals surface area contributed by atoms with Crippen molar-refractivity contribution in [3.05, 3.63) is 88.1 Å². The van der Waals surface area contributed by atoms with Crippen molar-refractivity contribution in [2.45, 2.75) is 39.4 Å². The van der Waals surface area contributed by atoms with Gasteiger partial charge >= 0.3 is 11.7 Å². The summed E-state index contributed by atoms with van der Waals surface area (Å²) in [6.07, 6.45) is 2.25. The van der Waals surface area contributed by atoms with E-state index >= 15 is 0 Å². The molecule has 0 aliphatic carbocycles. The Labute approximate surface area is 208 Å². The summed E-state index contributed by atoms with van der Waals surface area (Å²) in [6, 6.07) is 17.3. The minimum atomic E-state index is -0.775. The number of nitrogens with zero attached hydrogens (tertiary/aromatic N) is 3. The van der Waals surface area contributed by atoms with Crippen LogP contribution in [0.2, 0.25) is 0 Å². The second-order valence-electron chi connectivity index (χ2n) is 8.60. The summed E-state index contributed by atoms with van der Waals surface area (Å²) in [5.74, 6) is 1.94. The summed E-state index contributed by atoms with van der Waals surface area (Å²) in [6.45, 7) is 6.33. The number of aromatic nitrogens is 1. The standard InChI is InChI=1S/C26H28N4O6/c1-4-19-5-9-21(10-6-19)33-15-23-13-24(29-36-23)20-7-11-22(12-8-20)34-17-26(3)16-27-14-25(30(31)32)28-18(2)35-26/h5-14,27H,4,15-17H2,1-3H3/b25-14+,28-18?/t26-/m1/s1. The minimum absolute atomic E-state index is 0.199. The largest absolute Gasteiger partial charge is 0.489 e. The molecule has 2 heterocycles. The first-order valence-electron chi connectivity index (χ1n) is 11.6. The molecule has 1 aliphatic rings. The van der Waals surface area contributed by atoms with Crippen molar-refractivity contribution in [2.75, 3.05) is 13.2 Å². The van der Waals surface area contributed by atoms with E-state index in [0.717, 1.165) is 17.7 Å². The number of benzene rings is 2. The Morgan fingerprint density at radius 1 is 1.11 bits per heavy atom. The second kappa shape index (κ2) is 10.9. The molecular formula is C26H28N4O6. The third kappa shape index (κ3) is 6.41. The number of nitrogens with one attached hydrogen (secondary N) is 1. The summed E-state index contributed by atoms with van der Waals surface area (Å²) in [4.78, 5) is 14.3. The lowest BCUT2D eigenvalue weighted by Gasteiger charge is -2.29. The molecule has 188 valence electrons. The van der Waals surface area contributed by atoms with Crippen LogP contribution in [0.1, 0.15) is 32.1 Å². The highest BCUT2D eigenvalue weighted by atomic mass is 16.6. The molecule has 1 atom stereocenters. The van der Waals surface area contributed by atoms with Gasteiger partial charge in [-0.15, -0.1) is 0 Å². The van der Waals surface area contributed by atoms with E-state index in [0.29, 0.717) is 23.7 Å². The Hall–Kier alpha value is -4.34. The zero-order valence-corrected chi connectivity index (χ0v) is 20.4. The zero-order chi connectivity index (χ0) is 25.5. The zero-order valence-electron chi connectivity index (χ0n) is 20.4. The Balaban J connectivity index is 1.32. The topological polar surface area (TPSA) is 121 Å². The van der Waals surface area contributed by atoms with Crippen LogP contribution in [-0.2, 0) is 17.8 Å². The van der Waals surface area contributed by atoms with Crippen molar-refractivity contribution in [1.82, 2.24) is 10.5 Å². The average molecular weight is 493 g/mol. The molecule has 0 fully saturated rings. The van der Waals surface area contributed by atoms with E-state index in [2.05, 4.69) is 22.4 Å². The Kier molecular flexibility index (Phi) is 7.53. The van der Waals surface area contributed by atoms with Crippen molar-refractivity contribution >= 4 is 5.90 Å². The summed E-state index contributed by atoms with van der Waals surface area (Å²) in [5.41, 5.74) is 2.05. The first kappa shape index (κ1) is 24.8. The number of aliphatic imine (C=N–C) groups is 1. The van der Waals surface area contributed by atoms with Gasteiger partial charge in [-0.2, -0.15) is 0 Å². The van der Waals surface area contributed by atoms with Gasteiger partial charge in [0, 0.05) is 18.6 Å². The molecule has 1 aromatic heterocycles. The summed E-state index contributed by atoms with van der Waals surface area (Å²) in [5, 5.41) is 18.0. The minimum Gasteiger partial charge on any atom is -0.489 e. The molecule has 0 saturated heterocycles. The highest BCUT2D eigenvalue weighted by Crippen LogP contribution is 2.24. The fourth-order valence-electron chi connectivity index (χ4n) is 3.59. The lowest BCUT2D eigenvalue weighted by atomic mass is 10.1. The number of rotatable bonds is 9. The van der Waals surface area contributed by atoms with Crippen molar-refractivity contribution in [3.63, 3.8) is 0 Å². The van der Waals surface area contributed by atoms with E-state index in [1.54, 1.807) is 6.92 Å². The van der Waals surface area contributed by atoms with Gasteiger partial charge < -0.3 is 34.2 Å². The molecule has 10 heteroatoms. The maximum atomic E-state index is 11.0. The third-order valence-electron chi connectivity index (χ3n) is 5.53. The van der Waals surface area contributed by atoms with Crippen LogP contribution in [0.4, 0.5) is 0 Å². The van der Waals surface area contributed by atoms with Crippen molar-refractivity contribution in [1.29, 1.82) is 0 Å². The highest BCUT2D eigenvalue weighted by Gasteiger charge is 2.31. The fraction of sp³-hybridized carbons (Fsp3) is 0.308. The van der Waals surface area contributed by atoms with Gasteiger partial charge in [-0.3, -0.25) is 0 Å². The number of ether oxygens (including phenoxy) is 3. The Morgan fingerprint density at radius 2 is 1.81 bits per heavy atom. The van der Waals surface area contributed by atoms with Gasteiger partial charge in [-0.1, -0.05) is 24.2 Å². The molecule has 10 nitrogen and oxygen atoms in total. The summed E-state index contributed by atoms with van der Waals surface area (Å²) < 4.78 is 23.0. The SMILES string of the molecule is CCc1ccc(OCc2cc(-c3ccc(OC[C@@]4(C)CN/C=C(/[N+](=O)[O-])N=C(C)O4)cc3)no2)cc1. The smallest absolute Gasteiger partial charge is 0.382 e. The first-order chi connectivity index (χ1) is 17.3. The average Bonchev–Trinajstić information content (AvgIpc) is 3.34. The van der Waals surface area contributed by atoms with E-state index in [1.165, 1.54) is 11.8 Å². The maximum Gasteiger partial charge on any atom is 0.382 e. The summed E-state index contributed by atoms with van der Waals surface area (Å²) >= 11 is 0. The van der Waals surface area contributed by atoms with E-state index in [4.69, 9.17) is 18.7 Å². The molecule has 3 aromatic rings. The summed E-state index contributed by atoms with van der Waals surface area (Å²) in [7, 11) is 0. The van der Waals surface area contributed by atoms with Crippen LogP contribution in [0.5, 0.6) is 11.5 Å². The van der Waals surface area contributed by atoms with E-state index in [-0.39, 0.29) is 24.9 Å². The predicted octanol–water partition coefficient (Wildman–Crippen LogP) is 4.73. The molecule has 0 radical (unpaired) electrons. The van der Waals surface area contributed by atoms with Crippen molar-refractivity contribution in [3.8, 4) is 22.8 Å². The Bertz CT molecular complexity index is 1250. The van der Waals surface area contributed by atoms with E-state index in [9.17, 15) is 10.1 Å². The third-order valence-corrected chi connectivity index (χ3v) is 5.53. The van der Waals surface area contributed by atoms with Gasteiger partial charge in [-0.25, -0.2) is 0 Å². The fourth-order valence-corrected chi connectivity index (χ4v) is 3.59. The van der Waals surface area contributed by atoms with Crippen LogP contribution in [-0.4, -0.2) is 34.7 Å². The quantitative estimate of drug-likeness (QED) is 0.336. The second-order valence-corrected chi connectivity index (χ2v) is 8.60. The van der Waals surface area contributed by atoms with Crippen LogP contribution in [0.25, 0.3) is 11.3 Å². The van der Waals surface area contributed by atoms with Gasteiger partial charge in [0.05, 0.1) is 12.7 Å². The molecule has 0 bridgehead atoms. The maximum absolute atomic E-state index is 11.0. The number of aryl methyl sites for hydroxylation is 1. The number of hydrogen-bond acceptors (Lipinski definition) is 9. The molecule has 1 N–H and O–H groups in total. The molecule has 0 unspecified atom stereocenters. The Morgan fingerprint density at radius 3 is 2.50 bits per heavy atom. The normalized spacial score (nSPS) is 19.0. The number of hydrogen-bond donors (Lipinski definition) is 1. The van der Waals surface area contributed by atoms with Crippen molar-refractivity contribution in [2.24, 2.45) is 4.99 Å². The molecule has 0 saturated carbocycles. The van der Waals surface area contributed by atoms with Gasteiger partial charge in [0.2, 0.25) is 0 Å². The molecule has 2 aromatic carbocycles. The molecule has 1 aliphatic heterocycles. The highest BCUT2D eigenvalue weighted by molar-refractivity contribution is 5.74. The molecular weight excluding hydrogens is 464 g/mol. The molecule has 4 rings (SSSR count). The first-order valence-corrected chi connectivity index (χ1v) is 11.6. The van der Waals surface area contributed by atoms with Crippen LogP contribution in [0.15, 0.2) is 76.1 Å². The molecule has 0 amide bonds. The van der Waals surface area contributed by atoms with Crippen LogP contribution >= 0.6 is 0 Å². The van der Waals surface area contributed by atoms with Crippen molar-refractivity contribution < 1.29 is 23.7 Å². The molecule has 36 heavy (non-hydrogen) atoms. The van der Waals surface area contributed by atoms with Crippen LogP contribution in [0.3, 0.4) is 0 Å². The number of nitro groups is 1. The lowest BCUT2D eigenvalue weighted by Crippen LogP contribution is -2.46. The molecule has 0 spiro atoms.